The Bertz CT molecular complexity index is 651. The summed E-state index contributed by atoms with van der Waals surface area (Å²) in [6, 6.07) is 20.2. The van der Waals surface area contributed by atoms with Gasteiger partial charge in [-0.2, -0.15) is 0 Å². The molecule has 0 radical (unpaired) electrons. The van der Waals surface area contributed by atoms with E-state index in [9.17, 15) is 0 Å². The molecule has 0 saturated carbocycles. The van der Waals surface area contributed by atoms with Crippen molar-refractivity contribution in [3.05, 3.63) is 66.2 Å². The Morgan fingerprint density at radius 1 is 0.806 bits per heavy atom. The van der Waals surface area contributed by atoms with Crippen molar-refractivity contribution in [1.29, 1.82) is 0 Å². The normalized spacial score (nSPS) is 12.7. The molecular weight excluding hydrogens is 406 g/mol. The number of ether oxygens (including phenoxy) is 2. The minimum atomic E-state index is -0.748. The van der Waals surface area contributed by atoms with Crippen LogP contribution in [0, 0.1) is 0 Å². The van der Waals surface area contributed by atoms with E-state index >= 15 is 0 Å². The van der Waals surface area contributed by atoms with Gasteiger partial charge in [0.15, 0.2) is 0 Å². The molecule has 174 valence electrons. The molecule has 0 aliphatic carbocycles. The summed E-state index contributed by atoms with van der Waals surface area (Å²) in [5.41, 5.74) is 1.37. The third kappa shape index (κ3) is 14.2. The Balaban J connectivity index is 0.000000399. The van der Waals surface area contributed by atoms with Gasteiger partial charge >= 0.3 is 0 Å². The third-order valence-electron chi connectivity index (χ3n) is 4.81. The first-order chi connectivity index (χ1) is 15.0. The molecule has 1 unspecified atom stereocenters. The van der Waals surface area contributed by atoms with E-state index in [4.69, 9.17) is 21.1 Å². The van der Waals surface area contributed by atoms with Crippen LogP contribution in [0.1, 0.15) is 64.4 Å². The molecule has 0 bridgehead atoms. The van der Waals surface area contributed by atoms with Crippen LogP contribution >= 0.6 is 11.6 Å². The van der Waals surface area contributed by atoms with Crippen LogP contribution in [-0.4, -0.2) is 37.3 Å². The van der Waals surface area contributed by atoms with Gasteiger partial charge in [-0.05, 0) is 45.1 Å². The van der Waals surface area contributed by atoms with Gasteiger partial charge in [0.2, 0.25) is 5.06 Å². The molecule has 4 heteroatoms. The maximum atomic E-state index is 6.65. The van der Waals surface area contributed by atoms with Gasteiger partial charge in [-0.3, -0.25) is 0 Å². The summed E-state index contributed by atoms with van der Waals surface area (Å²) >= 11 is 6.65. The maximum Gasteiger partial charge on any atom is 0.205 e. The monoisotopic (exact) mass is 447 g/mol. The van der Waals surface area contributed by atoms with Crippen molar-refractivity contribution in [3.63, 3.8) is 0 Å². The van der Waals surface area contributed by atoms with Gasteiger partial charge < -0.3 is 14.4 Å². The number of nitrogens with zero attached hydrogens (tertiary/aromatic N) is 1. The van der Waals surface area contributed by atoms with Gasteiger partial charge in [-0.15, -0.1) is 0 Å². The summed E-state index contributed by atoms with van der Waals surface area (Å²) in [7, 11) is 4.15. The van der Waals surface area contributed by atoms with Crippen LogP contribution in [0.25, 0.3) is 0 Å². The molecule has 3 nitrogen and oxygen atoms in total. The number of unbranched alkanes of at least 4 members (excludes halogenated alkanes) is 5. The number of benzene rings is 2. The number of rotatable bonds is 14. The highest BCUT2D eigenvalue weighted by Gasteiger charge is 2.29. The fourth-order valence-electron chi connectivity index (χ4n) is 3.22. The Morgan fingerprint density at radius 2 is 1.39 bits per heavy atom. The van der Waals surface area contributed by atoms with Gasteiger partial charge in [0.05, 0.1) is 0 Å². The second-order valence-electron chi connectivity index (χ2n) is 8.18. The molecule has 0 aliphatic heterocycles. The second-order valence-corrected chi connectivity index (χ2v) is 8.87. The van der Waals surface area contributed by atoms with Crippen LogP contribution in [0.15, 0.2) is 60.7 Å². The topological polar surface area (TPSA) is 21.7 Å². The Kier molecular flexibility index (Phi) is 15.1. The zero-order chi connectivity index (χ0) is 22.8. The van der Waals surface area contributed by atoms with E-state index in [1.165, 1.54) is 37.7 Å². The number of hydrogen-bond acceptors (Lipinski definition) is 3. The number of halogens is 1. The van der Waals surface area contributed by atoms with Gasteiger partial charge in [-0.25, -0.2) is 0 Å². The number of hydrogen-bond donors (Lipinski definition) is 0. The standard InChI is InChI=1S/C18H29ClO2.C9H13N/c1-3-5-6-7-8-12-15-18(19,16-20-4-2)21-17-13-10-9-11-14-17;1-10(2)8-9-6-4-3-5-7-9/h9-11,13-14H,3-8,12,15-16H2,1-2H3;3-7H,8H2,1-2H3. The molecule has 2 rings (SSSR count). The van der Waals surface area contributed by atoms with Gasteiger partial charge in [0.25, 0.3) is 0 Å². The number of para-hydroxylation sites is 1. The van der Waals surface area contributed by atoms with Crippen LogP contribution in [0.2, 0.25) is 0 Å². The first-order valence-corrected chi connectivity index (χ1v) is 12.1. The molecule has 0 aromatic heterocycles. The second kappa shape index (κ2) is 17.1. The summed E-state index contributed by atoms with van der Waals surface area (Å²) in [4.78, 5) is 2.16. The molecule has 0 aliphatic rings. The molecule has 1 atom stereocenters. The lowest BCUT2D eigenvalue weighted by atomic mass is 10.1. The van der Waals surface area contributed by atoms with Gasteiger partial charge in [-0.1, -0.05) is 99.2 Å². The van der Waals surface area contributed by atoms with E-state index in [1.807, 2.05) is 43.3 Å². The first kappa shape index (κ1) is 27.5. The Labute approximate surface area is 195 Å². The fraction of sp³-hybridized carbons (Fsp3) is 0.556. The quantitative estimate of drug-likeness (QED) is 0.220. The van der Waals surface area contributed by atoms with Gasteiger partial charge in [0, 0.05) is 19.6 Å². The maximum absolute atomic E-state index is 6.65. The van der Waals surface area contributed by atoms with Crippen molar-refractivity contribution >= 4 is 11.6 Å². The molecule has 31 heavy (non-hydrogen) atoms. The van der Waals surface area contributed by atoms with E-state index in [0.29, 0.717) is 13.2 Å². The smallest absolute Gasteiger partial charge is 0.205 e. The lowest BCUT2D eigenvalue weighted by Crippen LogP contribution is -2.35. The minimum absolute atomic E-state index is 0.426. The van der Waals surface area contributed by atoms with Gasteiger partial charge in [0.1, 0.15) is 12.4 Å². The molecule has 0 saturated heterocycles. The highest BCUT2D eigenvalue weighted by atomic mass is 35.5. The average molecular weight is 448 g/mol. The zero-order valence-electron chi connectivity index (χ0n) is 20.0. The highest BCUT2D eigenvalue weighted by Crippen LogP contribution is 2.28. The molecule has 0 heterocycles. The van der Waals surface area contributed by atoms with Crippen LogP contribution in [0.5, 0.6) is 5.75 Å². The predicted molar refractivity (Wildman–Crippen MR) is 134 cm³/mol. The van der Waals surface area contributed by atoms with Crippen molar-refractivity contribution in [2.24, 2.45) is 0 Å². The molecule has 0 N–H and O–H groups in total. The van der Waals surface area contributed by atoms with Crippen LogP contribution in [-0.2, 0) is 11.3 Å². The van der Waals surface area contributed by atoms with E-state index in [0.717, 1.165) is 25.1 Å². The zero-order valence-corrected chi connectivity index (χ0v) is 20.7. The molecular formula is C27H42ClNO2. The van der Waals surface area contributed by atoms with Crippen LogP contribution < -0.4 is 4.74 Å². The van der Waals surface area contributed by atoms with E-state index in [-0.39, 0.29) is 0 Å². The summed E-state index contributed by atoms with van der Waals surface area (Å²) < 4.78 is 11.5. The van der Waals surface area contributed by atoms with Crippen LogP contribution in [0.3, 0.4) is 0 Å². The third-order valence-corrected chi connectivity index (χ3v) is 5.19. The lowest BCUT2D eigenvalue weighted by molar-refractivity contribution is 0.0243. The summed E-state index contributed by atoms with van der Waals surface area (Å²) in [5.74, 6) is 0.804. The molecule has 2 aromatic rings. The van der Waals surface area contributed by atoms with Crippen LogP contribution in [0.4, 0.5) is 0 Å². The number of alkyl halides is 1. The lowest BCUT2D eigenvalue weighted by Gasteiger charge is -2.28. The van der Waals surface area contributed by atoms with Crippen molar-refractivity contribution in [1.82, 2.24) is 4.90 Å². The summed E-state index contributed by atoms with van der Waals surface area (Å²) in [6.45, 7) is 6.32. The summed E-state index contributed by atoms with van der Waals surface area (Å²) in [5, 5.41) is -0.748. The molecule has 0 amide bonds. The molecule has 0 fully saturated rings. The SMILES string of the molecule is CCCCCCCCC(Cl)(COCC)Oc1ccccc1.CN(C)Cc1ccccc1. The van der Waals surface area contributed by atoms with Crippen molar-refractivity contribution in [2.45, 2.75) is 70.4 Å². The highest BCUT2D eigenvalue weighted by molar-refractivity contribution is 6.23. The predicted octanol–water partition coefficient (Wildman–Crippen LogP) is 7.54. The van der Waals surface area contributed by atoms with E-state index < -0.39 is 5.06 Å². The minimum Gasteiger partial charge on any atom is -0.469 e. The summed E-state index contributed by atoms with van der Waals surface area (Å²) in [6.07, 6.45) is 8.30. The molecule has 0 spiro atoms. The first-order valence-electron chi connectivity index (χ1n) is 11.7. The van der Waals surface area contributed by atoms with E-state index in [1.54, 1.807) is 0 Å². The van der Waals surface area contributed by atoms with Crippen molar-refractivity contribution in [3.8, 4) is 5.75 Å². The van der Waals surface area contributed by atoms with E-state index in [2.05, 4.69) is 50.2 Å². The Morgan fingerprint density at radius 3 is 1.97 bits per heavy atom. The van der Waals surface area contributed by atoms with Crippen molar-refractivity contribution in [2.75, 3.05) is 27.3 Å². The Hall–Kier alpha value is -1.55. The molecule has 2 aromatic carbocycles. The largest absolute Gasteiger partial charge is 0.469 e. The fourth-order valence-corrected chi connectivity index (χ4v) is 3.52. The average Bonchev–Trinajstić information content (AvgIpc) is 2.76. The van der Waals surface area contributed by atoms with Crippen molar-refractivity contribution < 1.29 is 9.47 Å².